The lowest BCUT2D eigenvalue weighted by atomic mass is 10.0. The molecule has 2 amide bonds. The number of rotatable bonds is 8. The summed E-state index contributed by atoms with van der Waals surface area (Å²) < 4.78 is 5.69. The molecular formula is C24H27ClN2O4. The number of amides is 2. The molecule has 7 heteroatoms. The van der Waals surface area contributed by atoms with E-state index in [9.17, 15) is 14.7 Å². The van der Waals surface area contributed by atoms with Gasteiger partial charge in [0.25, 0.3) is 5.91 Å². The van der Waals surface area contributed by atoms with Crippen molar-refractivity contribution in [2.24, 2.45) is 5.92 Å². The Balaban J connectivity index is 1.45. The predicted molar refractivity (Wildman–Crippen MR) is 118 cm³/mol. The van der Waals surface area contributed by atoms with Crippen molar-refractivity contribution in [3.63, 3.8) is 0 Å². The van der Waals surface area contributed by atoms with Gasteiger partial charge in [-0.25, -0.2) is 0 Å². The summed E-state index contributed by atoms with van der Waals surface area (Å²) in [7, 11) is 0. The van der Waals surface area contributed by atoms with Crippen LogP contribution in [-0.2, 0) is 20.7 Å². The molecule has 2 aliphatic carbocycles. The van der Waals surface area contributed by atoms with Gasteiger partial charge < -0.3 is 20.5 Å². The van der Waals surface area contributed by atoms with E-state index in [-0.39, 0.29) is 11.9 Å². The molecule has 0 heterocycles. The highest BCUT2D eigenvalue weighted by Gasteiger charge is 2.36. The molecule has 2 aliphatic rings. The molecular weight excluding hydrogens is 416 g/mol. The van der Waals surface area contributed by atoms with E-state index < -0.39 is 24.2 Å². The molecule has 3 N–H and O–H groups in total. The number of fused-ring (bicyclic) bond motifs is 1. The molecule has 2 unspecified atom stereocenters. The van der Waals surface area contributed by atoms with Crippen LogP contribution in [-0.4, -0.2) is 35.7 Å². The normalized spacial score (nSPS) is 21.8. The van der Waals surface area contributed by atoms with Crippen LogP contribution >= 0.6 is 11.6 Å². The summed E-state index contributed by atoms with van der Waals surface area (Å²) >= 11 is 5.99. The fourth-order valence-electron chi connectivity index (χ4n) is 3.91. The largest absolute Gasteiger partial charge is 0.378 e. The molecule has 0 aromatic heterocycles. The highest BCUT2D eigenvalue weighted by molar-refractivity contribution is 6.30. The lowest BCUT2D eigenvalue weighted by molar-refractivity contribution is -0.134. The number of benzene rings is 2. The highest BCUT2D eigenvalue weighted by Crippen LogP contribution is 2.33. The van der Waals surface area contributed by atoms with Gasteiger partial charge in [0.1, 0.15) is 6.10 Å². The van der Waals surface area contributed by atoms with Gasteiger partial charge in [-0.1, -0.05) is 48.0 Å². The van der Waals surface area contributed by atoms with E-state index in [1.165, 1.54) is 0 Å². The zero-order valence-electron chi connectivity index (χ0n) is 17.4. The number of ether oxygens (including phenoxy) is 1. The van der Waals surface area contributed by atoms with Gasteiger partial charge in [0.05, 0.1) is 18.7 Å². The molecule has 6 nitrogen and oxygen atoms in total. The van der Waals surface area contributed by atoms with Crippen LogP contribution in [0.15, 0.2) is 48.5 Å². The summed E-state index contributed by atoms with van der Waals surface area (Å²) in [4.78, 5) is 25.5. The average Bonchev–Trinajstić information content (AvgIpc) is 3.54. The van der Waals surface area contributed by atoms with Crippen LogP contribution in [0.2, 0.25) is 5.02 Å². The second-order valence-corrected chi connectivity index (χ2v) is 8.82. The fourth-order valence-corrected chi connectivity index (χ4v) is 4.11. The van der Waals surface area contributed by atoms with Crippen LogP contribution in [0.3, 0.4) is 0 Å². The monoisotopic (exact) mass is 442 g/mol. The van der Waals surface area contributed by atoms with E-state index in [1.54, 1.807) is 31.2 Å². The van der Waals surface area contributed by atoms with E-state index in [0.717, 1.165) is 24.0 Å². The zero-order valence-corrected chi connectivity index (χ0v) is 18.1. The van der Waals surface area contributed by atoms with Crippen molar-refractivity contribution in [3.05, 3.63) is 70.2 Å². The summed E-state index contributed by atoms with van der Waals surface area (Å²) in [6.45, 7) is 2.35. The Morgan fingerprint density at radius 1 is 1.13 bits per heavy atom. The molecule has 0 spiro atoms. The number of hydrogen-bond donors (Lipinski definition) is 3. The Morgan fingerprint density at radius 2 is 1.90 bits per heavy atom. The standard InChI is InChI=1S/C24H27ClN2O4/c1-14(31-13-15-9-10-15)23(29)26-20-12-16-5-2-3-8-19(16)21(20)27-24(30)22(28)17-6-4-7-18(25)11-17/h2-8,11,14-15,20-22,28H,9-10,12-13H2,1H3,(H,26,29)(H,27,30)/t14?,20-,21-,22?/m1/s1. The average molecular weight is 443 g/mol. The van der Waals surface area contributed by atoms with E-state index >= 15 is 0 Å². The summed E-state index contributed by atoms with van der Waals surface area (Å²) in [6.07, 6.45) is 1.00. The first kappa shape index (κ1) is 21.8. The van der Waals surface area contributed by atoms with Crippen LogP contribution in [0.1, 0.15) is 48.6 Å². The van der Waals surface area contributed by atoms with Gasteiger partial charge in [0.15, 0.2) is 6.10 Å². The van der Waals surface area contributed by atoms with Gasteiger partial charge in [0.2, 0.25) is 5.91 Å². The first-order chi connectivity index (χ1) is 14.9. The zero-order chi connectivity index (χ0) is 22.0. The van der Waals surface area contributed by atoms with Gasteiger partial charge in [-0.05, 0) is 60.9 Å². The van der Waals surface area contributed by atoms with E-state index in [4.69, 9.17) is 16.3 Å². The summed E-state index contributed by atoms with van der Waals surface area (Å²) in [5, 5.41) is 16.9. The SMILES string of the molecule is CC(OCC1CC1)C(=O)N[C@@H]1Cc2ccccc2[C@H]1NC(=O)C(O)c1cccc(Cl)c1. The molecule has 2 aromatic rings. The van der Waals surface area contributed by atoms with Gasteiger partial charge in [0, 0.05) is 5.02 Å². The number of nitrogens with one attached hydrogen (secondary N) is 2. The minimum atomic E-state index is -1.36. The predicted octanol–water partition coefficient (Wildman–Crippen LogP) is 3.09. The minimum absolute atomic E-state index is 0.201. The maximum absolute atomic E-state index is 12.8. The van der Waals surface area contributed by atoms with Crippen LogP contribution in [0.5, 0.6) is 0 Å². The maximum Gasteiger partial charge on any atom is 0.254 e. The molecule has 1 saturated carbocycles. The first-order valence-corrected chi connectivity index (χ1v) is 11.0. The van der Waals surface area contributed by atoms with Crippen molar-refractivity contribution in [2.75, 3.05) is 6.61 Å². The Hall–Kier alpha value is -2.41. The van der Waals surface area contributed by atoms with Gasteiger partial charge in [-0.2, -0.15) is 0 Å². The van der Waals surface area contributed by atoms with E-state index in [1.807, 2.05) is 24.3 Å². The Bertz CT molecular complexity index is 962. The van der Waals surface area contributed by atoms with Crippen molar-refractivity contribution in [1.82, 2.24) is 10.6 Å². The molecule has 4 rings (SSSR count). The van der Waals surface area contributed by atoms with Gasteiger partial charge >= 0.3 is 0 Å². The van der Waals surface area contributed by atoms with Gasteiger partial charge in [-0.3, -0.25) is 9.59 Å². The molecule has 2 aromatic carbocycles. The Morgan fingerprint density at radius 3 is 2.65 bits per heavy atom. The van der Waals surface area contributed by atoms with E-state index in [0.29, 0.717) is 29.5 Å². The quantitative estimate of drug-likeness (QED) is 0.586. The number of carbonyl (C=O) groups excluding carboxylic acids is 2. The van der Waals surface area contributed by atoms with Crippen molar-refractivity contribution in [3.8, 4) is 0 Å². The topological polar surface area (TPSA) is 87.7 Å². The molecule has 0 aliphatic heterocycles. The Labute approximate surface area is 186 Å². The molecule has 4 atom stereocenters. The number of aliphatic hydroxyl groups excluding tert-OH is 1. The third kappa shape index (κ3) is 5.26. The highest BCUT2D eigenvalue weighted by atomic mass is 35.5. The lowest BCUT2D eigenvalue weighted by Gasteiger charge is -2.25. The number of carbonyl (C=O) groups is 2. The summed E-state index contributed by atoms with van der Waals surface area (Å²) in [5.41, 5.74) is 2.41. The second kappa shape index (κ2) is 9.39. The van der Waals surface area contributed by atoms with Crippen LogP contribution in [0, 0.1) is 5.92 Å². The molecule has 0 radical (unpaired) electrons. The number of aliphatic hydroxyl groups is 1. The smallest absolute Gasteiger partial charge is 0.254 e. The van der Waals surface area contributed by atoms with Crippen LogP contribution < -0.4 is 10.6 Å². The number of halogens is 1. The van der Waals surface area contributed by atoms with Crippen molar-refractivity contribution in [2.45, 2.75) is 50.5 Å². The van der Waals surface area contributed by atoms with Crippen molar-refractivity contribution < 1.29 is 19.4 Å². The molecule has 0 bridgehead atoms. The van der Waals surface area contributed by atoms with Crippen molar-refractivity contribution >= 4 is 23.4 Å². The summed E-state index contributed by atoms with van der Waals surface area (Å²) in [5.74, 6) is -0.166. The molecule has 1 fully saturated rings. The molecule has 164 valence electrons. The van der Waals surface area contributed by atoms with Crippen LogP contribution in [0.25, 0.3) is 0 Å². The van der Waals surface area contributed by atoms with Gasteiger partial charge in [-0.15, -0.1) is 0 Å². The third-order valence-electron chi connectivity index (χ3n) is 5.92. The minimum Gasteiger partial charge on any atom is -0.378 e. The second-order valence-electron chi connectivity index (χ2n) is 8.38. The maximum atomic E-state index is 12.8. The van der Waals surface area contributed by atoms with Crippen molar-refractivity contribution in [1.29, 1.82) is 0 Å². The van der Waals surface area contributed by atoms with Crippen LogP contribution in [0.4, 0.5) is 0 Å². The number of hydrogen-bond acceptors (Lipinski definition) is 4. The summed E-state index contributed by atoms with van der Waals surface area (Å²) in [6, 6.07) is 13.6. The molecule has 0 saturated heterocycles. The molecule has 31 heavy (non-hydrogen) atoms. The van der Waals surface area contributed by atoms with E-state index in [2.05, 4.69) is 10.6 Å². The third-order valence-corrected chi connectivity index (χ3v) is 6.15. The Kier molecular flexibility index (Phi) is 6.60. The lowest BCUT2D eigenvalue weighted by Crippen LogP contribution is -2.48. The fraction of sp³-hybridized carbons (Fsp3) is 0.417. The first-order valence-electron chi connectivity index (χ1n) is 10.7.